The van der Waals surface area contributed by atoms with Crippen LogP contribution < -0.4 is 9.80 Å². The number of hydrogen-bond donors (Lipinski definition) is 0. The lowest BCUT2D eigenvalue weighted by Crippen LogP contribution is -2.38. The Morgan fingerprint density at radius 2 is 1.88 bits per heavy atom. The molecular weight excluding hydrogens is 468 g/mol. The number of fused-ring (bicyclic) bond motifs is 1. The third-order valence-corrected chi connectivity index (χ3v) is 7.70. The van der Waals surface area contributed by atoms with Gasteiger partial charge in [0.2, 0.25) is 11.9 Å². The summed E-state index contributed by atoms with van der Waals surface area (Å²) in [5.41, 5.74) is 3.05. The van der Waals surface area contributed by atoms with Gasteiger partial charge in [-0.2, -0.15) is 0 Å². The summed E-state index contributed by atoms with van der Waals surface area (Å²) in [5.74, 6) is 1.03. The molecule has 5 rings (SSSR count). The van der Waals surface area contributed by atoms with Crippen LogP contribution in [-0.4, -0.2) is 64.3 Å². The van der Waals surface area contributed by atoms with Gasteiger partial charge in [-0.25, -0.2) is 4.98 Å². The summed E-state index contributed by atoms with van der Waals surface area (Å²) in [5, 5.41) is 10.4. The average Bonchev–Trinajstić information content (AvgIpc) is 3.48. The lowest BCUT2D eigenvalue weighted by molar-refractivity contribution is -0.116. The molecule has 1 saturated heterocycles. The van der Waals surface area contributed by atoms with Crippen molar-refractivity contribution < 1.29 is 9.53 Å². The van der Waals surface area contributed by atoms with Crippen LogP contribution in [0, 0.1) is 6.92 Å². The van der Waals surface area contributed by atoms with Crippen LogP contribution in [-0.2, 0) is 9.53 Å². The van der Waals surface area contributed by atoms with Crippen molar-refractivity contribution in [3.63, 3.8) is 0 Å². The molecule has 0 radical (unpaired) electrons. The predicted octanol–water partition coefficient (Wildman–Crippen LogP) is 4.17. The highest BCUT2D eigenvalue weighted by Gasteiger charge is 2.24. The SMILES string of the molecule is CCN(C(=O)CSc1nnc(N2CCOCC2)n1-c1ccccc1C)c1nc2ccccc2s1. The molecule has 2 aromatic carbocycles. The maximum atomic E-state index is 13.2. The second kappa shape index (κ2) is 10.1. The molecule has 1 aliphatic rings. The Morgan fingerprint density at radius 1 is 1.12 bits per heavy atom. The Morgan fingerprint density at radius 3 is 2.65 bits per heavy atom. The van der Waals surface area contributed by atoms with Crippen LogP contribution in [0.3, 0.4) is 0 Å². The molecule has 0 spiro atoms. The summed E-state index contributed by atoms with van der Waals surface area (Å²) in [6.07, 6.45) is 0. The monoisotopic (exact) mass is 494 g/mol. The Balaban J connectivity index is 1.40. The van der Waals surface area contributed by atoms with Crippen molar-refractivity contribution >= 4 is 50.3 Å². The molecule has 34 heavy (non-hydrogen) atoms. The summed E-state index contributed by atoms with van der Waals surface area (Å²) in [4.78, 5) is 21.8. The van der Waals surface area contributed by atoms with Gasteiger partial charge in [-0.3, -0.25) is 14.3 Å². The predicted molar refractivity (Wildman–Crippen MR) is 137 cm³/mol. The van der Waals surface area contributed by atoms with Gasteiger partial charge in [0.05, 0.1) is 34.9 Å². The Kier molecular flexibility index (Phi) is 6.80. The minimum Gasteiger partial charge on any atom is -0.378 e. The van der Waals surface area contributed by atoms with E-state index in [-0.39, 0.29) is 11.7 Å². The highest BCUT2D eigenvalue weighted by Crippen LogP contribution is 2.31. The van der Waals surface area contributed by atoms with E-state index in [0.29, 0.717) is 24.9 Å². The Hall–Kier alpha value is -2.95. The molecule has 1 fully saturated rings. The molecular formula is C24H26N6O2S2. The first kappa shape index (κ1) is 22.8. The zero-order chi connectivity index (χ0) is 23.5. The number of aryl methyl sites for hydroxylation is 1. The average molecular weight is 495 g/mol. The van der Waals surface area contributed by atoms with Gasteiger partial charge in [0, 0.05) is 19.6 Å². The van der Waals surface area contributed by atoms with Crippen molar-refractivity contribution in [2.24, 2.45) is 0 Å². The number of carbonyl (C=O) groups is 1. The molecule has 176 valence electrons. The number of thiazole rings is 1. The summed E-state index contributed by atoms with van der Waals surface area (Å²) in [6.45, 7) is 7.45. The third-order valence-electron chi connectivity index (χ3n) is 5.72. The number of rotatable bonds is 7. The van der Waals surface area contributed by atoms with Crippen LogP contribution in [0.5, 0.6) is 0 Å². The van der Waals surface area contributed by atoms with Crippen LogP contribution in [0.25, 0.3) is 15.9 Å². The molecule has 0 unspecified atom stereocenters. The van der Waals surface area contributed by atoms with E-state index in [0.717, 1.165) is 45.6 Å². The minimum absolute atomic E-state index is 0.00110. The fourth-order valence-electron chi connectivity index (χ4n) is 3.95. The highest BCUT2D eigenvalue weighted by molar-refractivity contribution is 7.99. The van der Waals surface area contributed by atoms with Crippen molar-refractivity contribution in [3.8, 4) is 5.69 Å². The number of carbonyl (C=O) groups excluding carboxylic acids is 1. The van der Waals surface area contributed by atoms with Gasteiger partial charge < -0.3 is 9.64 Å². The number of hydrogen-bond acceptors (Lipinski definition) is 8. The summed E-state index contributed by atoms with van der Waals surface area (Å²) in [7, 11) is 0. The number of benzene rings is 2. The topological polar surface area (TPSA) is 76.4 Å². The fraction of sp³-hybridized carbons (Fsp3) is 0.333. The molecule has 2 aromatic heterocycles. The van der Waals surface area contributed by atoms with Gasteiger partial charge in [-0.15, -0.1) is 10.2 Å². The lowest BCUT2D eigenvalue weighted by Gasteiger charge is -2.28. The number of anilines is 2. The molecule has 8 nitrogen and oxygen atoms in total. The first-order valence-corrected chi connectivity index (χ1v) is 13.1. The maximum Gasteiger partial charge on any atom is 0.239 e. The van der Waals surface area contributed by atoms with Crippen LogP contribution in [0.1, 0.15) is 12.5 Å². The molecule has 0 saturated carbocycles. The van der Waals surface area contributed by atoms with E-state index in [4.69, 9.17) is 4.74 Å². The summed E-state index contributed by atoms with van der Waals surface area (Å²) in [6, 6.07) is 16.1. The molecule has 10 heteroatoms. The van der Waals surface area contributed by atoms with Crippen molar-refractivity contribution in [1.29, 1.82) is 0 Å². The van der Waals surface area contributed by atoms with E-state index in [1.807, 2.05) is 43.3 Å². The van der Waals surface area contributed by atoms with E-state index in [2.05, 4.69) is 43.7 Å². The molecule has 0 N–H and O–H groups in total. The quantitative estimate of drug-likeness (QED) is 0.357. The smallest absolute Gasteiger partial charge is 0.239 e. The number of morpholine rings is 1. The highest BCUT2D eigenvalue weighted by atomic mass is 32.2. The molecule has 4 aromatic rings. The maximum absolute atomic E-state index is 13.2. The third kappa shape index (κ3) is 4.53. The first-order chi connectivity index (χ1) is 16.7. The molecule has 0 aliphatic carbocycles. The number of amides is 1. The summed E-state index contributed by atoms with van der Waals surface area (Å²) >= 11 is 2.94. The molecule has 0 atom stereocenters. The number of para-hydroxylation sites is 2. The van der Waals surface area contributed by atoms with E-state index in [1.54, 1.807) is 4.90 Å². The van der Waals surface area contributed by atoms with Gasteiger partial charge in [0.1, 0.15) is 0 Å². The molecule has 0 bridgehead atoms. The standard InChI is InChI=1S/C24H26N6O2S2/c1-3-29(23-25-18-9-5-7-11-20(18)34-23)21(31)16-33-24-27-26-22(28-12-14-32-15-13-28)30(24)19-10-6-4-8-17(19)2/h4-11H,3,12-16H2,1-2H3. The van der Waals surface area contributed by atoms with Gasteiger partial charge in [0.15, 0.2) is 10.3 Å². The van der Waals surface area contributed by atoms with Crippen LogP contribution in [0.2, 0.25) is 0 Å². The second-order valence-corrected chi connectivity index (χ2v) is 9.85. The van der Waals surface area contributed by atoms with Crippen LogP contribution >= 0.6 is 23.1 Å². The largest absolute Gasteiger partial charge is 0.378 e. The van der Waals surface area contributed by atoms with Crippen LogP contribution in [0.15, 0.2) is 53.7 Å². The number of ether oxygens (including phenoxy) is 1. The van der Waals surface area contributed by atoms with E-state index >= 15 is 0 Å². The lowest BCUT2D eigenvalue weighted by atomic mass is 10.2. The van der Waals surface area contributed by atoms with Crippen molar-refractivity contribution in [2.75, 3.05) is 48.4 Å². The number of aromatic nitrogens is 4. The zero-order valence-electron chi connectivity index (χ0n) is 19.2. The van der Waals surface area contributed by atoms with Crippen molar-refractivity contribution in [1.82, 2.24) is 19.7 Å². The first-order valence-electron chi connectivity index (χ1n) is 11.3. The zero-order valence-corrected chi connectivity index (χ0v) is 20.8. The number of thioether (sulfide) groups is 1. The number of nitrogens with zero attached hydrogens (tertiary/aromatic N) is 6. The normalized spacial score (nSPS) is 14.0. The Bertz CT molecular complexity index is 1260. The van der Waals surface area contributed by atoms with Crippen molar-refractivity contribution in [3.05, 3.63) is 54.1 Å². The van der Waals surface area contributed by atoms with E-state index in [1.165, 1.54) is 23.1 Å². The van der Waals surface area contributed by atoms with E-state index < -0.39 is 0 Å². The van der Waals surface area contributed by atoms with E-state index in [9.17, 15) is 4.79 Å². The van der Waals surface area contributed by atoms with Crippen LogP contribution in [0.4, 0.5) is 11.1 Å². The van der Waals surface area contributed by atoms with Gasteiger partial charge in [0.25, 0.3) is 0 Å². The Labute approximate surface area is 206 Å². The van der Waals surface area contributed by atoms with Gasteiger partial charge in [-0.1, -0.05) is 53.4 Å². The minimum atomic E-state index is -0.00110. The fourth-order valence-corrected chi connectivity index (χ4v) is 5.81. The van der Waals surface area contributed by atoms with Gasteiger partial charge >= 0.3 is 0 Å². The summed E-state index contributed by atoms with van der Waals surface area (Å²) < 4.78 is 8.66. The molecule has 1 aliphatic heterocycles. The van der Waals surface area contributed by atoms with Crippen molar-refractivity contribution in [2.45, 2.75) is 19.0 Å². The molecule has 3 heterocycles. The molecule has 1 amide bonds. The second-order valence-electron chi connectivity index (χ2n) is 7.89. The van der Waals surface area contributed by atoms with Gasteiger partial charge in [-0.05, 0) is 37.6 Å².